The number of likely N-dealkylation sites (tertiary alicyclic amines) is 1. The van der Waals surface area contributed by atoms with Crippen LogP contribution in [-0.2, 0) is 10.0 Å². The van der Waals surface area contributed by atoms with Crippen LogP contribution in [0.15, 0.2) is 35.4 Å². The number of hydrogen-bond donors (Lipinski definition) is 4. The number of anilines is 3. The predicted molar refractivity (Wildman–Crippen MR) is 123 cm³/mol. The lowest BCUT2D eigenvalue weighted by Crippen LogP contribution is -2.41. The Morgan fingerprint density at radius 2 is 1.86 bits per heavy atom. The van der Waals surface area contributed by atoms with Crippen molar-refractivity contribution in [3.63, 3.8) is 0 Å². The average molecular weight is 514 g/mol. The van der Waals surface area contributed by atoms with Crippen LogP contribution in [0.5, 0.6) is 0 Å². The van der Waals surface area contributed by atoms with Gasteiger partial charge in [-0.05, 0) is 50.2 Å². The maximum absolute atomic E-state index is 12.6. The molecular formula is C21H26F3N7O3S. The Hall–Kier alpha value is -2.99. The summed E-state index contributed by atoms with van der Waals surface area (Å²) in [5.41, 5.74) is 0.218. The predicted octanol–water partition coefficient (Wildman–Crippen LogP) is 2.19. The first-order valence-electron chi connectivity index (χ1n) is 10.9. The zero-order valence-electron chi connectivity index (χ0n) is 18.7. The summed E-state index contributed by atoms with van der Waals surface area (Å²) in [6, 6.07) is 7.24. The Morgan fingerprint density at radius 1 is 1.17 bits per heavy atom. The number of sulfonamides is 1. The number of benzene rings is 1. The van der Waals surface area contributed by atoms with Crippen molar-refractivity contribution in [3.05, 3.63) is 36.0 Å². The van der Waals surface area contributed by atoms with Crippen molar-refractivity contribution in [2.45, 2.75) is 36.4 Å². The molecule has 1 aliphatic rings. The van der Waals surface area contributed by atoms with Crippen LogP contribution in [0.4, 0.5) is 30.6 Å². The van der Waals surface area contributed by atoms with Gasteiger partial charge in [-0.1, -0.05) is 6.42 Å². The Kier molecular flexibility index (Phi) is 8.84. The average Bonchev–Trinajstić information content (AvgIpc) is 2.82. The first-order valence-corrected chi connectivity index (χ1v) is 12.4. The third kappa shape index (κ3) is 8.32. The van der Waals surface area contributed by atoms with Crippen molar-refractivity contribution in [2.24, 2.45) is 0 Å². The fourth-order valence-electron chi connectivity index (χ4n) is 3.48. The Balaban J connectivity index is 1.59. The number of aliphatic hydroxyl groups is 1. The normalized spacial score (nSPS) is 15.9. The summed E-state index contributed by atoms with van der Waals surface area (Å²) in [4.78, 5) is 9.86. The number of rotatable bonds is 10. The molecule has 190 valence electrons. The Morgan fingerprint density at radius 3 is 2.49 bits per heavy atom. The van der Waals surface area contributed by atoms with Gasteiger partial charge in [-0.15, -0.1) is 0 Å². The molecular weight excluding hydrogens is 487 g/mol. The van der Waals surface area contributed by atoms with Crippen molar-refractivity contribution < 1.29 is 26.7 Å². The van der Waals surface area contributed by atoms with Crippen LogP contribution in [0.3, 0.4) is 0 Å². The van der Waals surface area contributed by atoms with E-state index in [1.54, 1.807) is 6.07 Å². The summed E-state index contributed by atoms with van der Waals surface area (Å²) in [5, 5.41) is 24.0. The quantitative estimate of drug-likeness (QED) is 0.376. The maximum Gasteiger partial charge on any atom is 0.405 e. The van der Waals surface area contributed by atoms with Crippen LogP contribution < -0.4 is 15.4 Å². The second kappa shape index (κ2) is 11.6. The highest BCUT2D eigenvalue weighted by Gasteiger charge is 2.27. The number of hydrogen-bond acceptors (Lipinski definition) is 9. The minimum atomic E-state index is -4.50. The number of aliphatic hydroxyl groups excluding tert-OH is 1. The first-order chi connectivity index (χ1) is 16.6. The number of aromatic nitrogens is 2. The van der Waals surface area contributed by atoms with Gasteiger partial charge in [0.15, 0.2) is 0 Å². The summed E-state index contributed by atoms with van der Waals surface area (Å²) in [6.07, 6.45) is -0.958. The molecule has 1 atom stereocenters. The lowest BCUT2D eigenvalue weighted by atomic mass is 10.1. The molecule has 1 aromatic heterocycles. The zero-order chi connectivity index (χ0) is 25.5. The van der Waals surface area contributed by atoms with Crippen LogP contribution in [0.1, 0.15) is 24.8 Å². The Labute approximate surface area is 201 Å². The van der Waals surface area contributed by atoms with E-state index < -0.39 is 28.8 Å². The lowest BCUT2D eigenvalue weighted by Gasteiger charge is -2.28. The van der Waals surface area contributed by atoms with E-state index in [0.717, 1.165) is 38.5 Å². The van der Waals surface area contributed by atoms with Gasteiger partial charge in [-0.25, -0.2) is 18.1 Å². The van der Waals surface area contributed by atoms with Crippen LogP contribution in [0, 0.1) is 11.3 Å². The van der Waals surface area contributed by atoms with Crippen molar-refractivity contribution >= 4 is 27.5 Å². The van der Waals surface area contributed by atoms with Crippen molar-refractivity contribution in [1.29, 1.82) is 5.26 Å². The van der Waals surface area contributed by atoms with Crippen LogP contribution in [0.25, 0.3) is 0 Å². The fraction of sp³-hybridized carbons (Fsp3) is 0.476. The van der Waals surface area contributed by atoms with Gasteiger partial charge in [0.2, 0.25) is 16.0 Å². The number of alkyl halides is 3. The molecule has 2 heterocycles. The molecule has 1 unspecified atom stereocenters. The van der Waals surface area contributed by atoms with Gasteiger partial charge in [-0.2, -0.15) is 23.4 Å². The Bertz CT molecular complexity index is 1130. The molecule has 1 fully saturated rings. The number of nitrogens with zero attached hydrogens (tertiary/aromatic N) is 4. The standard InChI is InChI=1S/C21H26F3N7O3S/c22-21(23,24)14-27-19-15(10-25)11-26-20(30-19)29-16-4-6-18(7-5-16)35(33,34)28-12-17(32)13-31-8-2-1-3-9-31/h4-7,11,17,28,32H,1-3,8-9,12-14H2,(H2,26,27,29,30). The maximum atomic E-state index is 12.6. The second-order valence-electron chi connectivity index (χ2n) is 8.05. The van der Waals surface area contributed by atoms with Gasteiger partial charge < -0.3 is 20.6 Å². The summed E-state index contributed by atoms with van der Waals surface area (Å²) < 4.78 is 65.0. The molecule has 3 rings (SSSR count). The molecule has 0 radical (unpaired) electrons. The molecule has 0 aliphatic carbocycles. The van der Waals surface area contributed by atoms with Gasteiger partial charge in [0.1, 0.15) is 24.0 Å². The van der Waals surface area contributed by atoms with Gasteiger partial charge in [0.05, 0.1) is 17.2 Å². The minimum Gasteiger partial charge on any atom is -0.390 e. The molecule has 35 heavy (non-hydrogen) atoms. The third-order valence-electron chi connectivity index (χ3n) is 5.21. The van der Waals surface area contributed by atoms with E-state index in [1.807, 2.05) is 0 Å². The van der Waals surface area contributed by atoms with Crippen LogP contribution >= 0.6 is 0 Å². The molecule has 0 bridgehead atoms. The number of nitrogens with one attached hydrogen (secondary N) is 3. The molecule has 0 saturated carbocycles. The largest absolute Gasteiger partial charge is 0.405 e. The number of halogens is 3. The lowest BCUT2D eigenvalue weighted by molar-refractivity contribution is -0.115. The summed E-state index contributed by atoms with van der Waals surface area (Å²) >= 11 is 0. The number of β-amino-alcohol motifs (C(OH)–C–C–N with tert-alkyl or cyclic N) is 1. The minimum absolute atomic E-state index is 0.0264. The molecule has 0 amide bonds. The SMILES string of the molecule is N#Cc1cnc(Nc2ccc(S(=O)(=O)NCC(O)CN3CCCCC3)cc2)nc1NCC(F)(F)F. The van der Waals surface area contributed by atoms with Crippen molar-refractivity contribution in [2.75, 3.05) is 43.4 Å². The zero-order valence-corrected chi connectivity index (χ0v) is 19.5. The van der Waals surface area contributed by atoms with Gasteiger partial charge >= 0.3 is 6.18 Å². The highest BCUT2D eigenvalue weighted by atomic mass is 32.2. The van der Waals surface area contributed by atoms with E-state index >= 15 is 0 Å². The van der Waals surface area contributed by atoms with Gasteiger partial charge in [0.25, 0.3) is 0 Å². The van der Waals surface area contributed by atoms with E-state index in [9.17, 15) is 26.7 Å². The summed E-state index contributed by atoms with van der Waals surface area (Å²) in [6.45, 7) is 0.689. The smallest absolute Gasteiger partial charge is 0.390 e. The van der Waals surface area contributed by atoms with Gasteiger partial charge in [0, 0.05) is 18.8 Å². The topological polar surface area (TPSA) is 143 Å². The molecule has 2 aromatic rings. The van der Waals surface area contributed by atoms with Crippen molar-refractivity contribution in [3.8, 4) is 6.07 Å². The molecule has 14 heteroatoms. The van der Waals surface area contributed by atoms with Crippen molar-refractivity contribution in [1.82, 2.24) is 19.6 Å². The summed E-state index contributed by atoms with van der Waals surface area (Å²) in [5.74, 6) is -0.364. The van der Waals surface area contributed by atoms with Crippen LogP contribution in [-0.4, -0.2) is 73.4 Å². The first kappa shape index (κ1) is 26.6. The molecule has 0 spiro atoms. The van der Waals surface area contributed by atoms with Crippen LogP contribution in [0.2, 0.25) is 0 Å². The van der Waals surface area contributed by atoms with E-state index in [1.165, 1.54) is 24.3 Å². The monoisotopic (exact) mass is 513 g/mol. The summed E-state index contributed by atoms with van der Waals surface area (Å²) in [7, 11) is -3.86. The fourth-order valence-corrected chi connectivity index (χ4v) is 4.56. The molecule has 1 aromatic carbocycles. The van der Waals surface area contributed by atoms with Gasteiger partial charge in [-0.3, -0.25) is 0 Å². The third-order valence-corrected chi connectivity index (χ3v) is 6.65. The molecule has 1 saturated heterocycles. The molecule has 4 N–H and O–H groups in total. The highest BCUT2D eigenvalue weighted by molar-refractivity contribution is 7.89. The number of piperidine rings is 1. The molecule has 10 nitrogen and oxygen atoms in total. The van der Waals surface area contributed by atoms with E-state index in [-0.39, 0.29) is 28.8 Å². The van der Waals surface area contributed by atoms with E-state index in [2.05, 4.69) is 30.2 Å². The highest BCUT2D eigenvalue weighted by Crippen LogP contribution is 2.21. The van der Waals surface area contributed by atoms with E-state index in [4.69, 9.17) is 5.26 Å². The van der Waals surface area contributed by atoms with E-state index in [0.29, 0.717) is 12.2 Å². The molecule has 1 aliphatic heterocycles. The number of nitriles is 1. The second-order valence-corrected chi connectivity index (χ2v) is 9.82.